The third-order valence-corrected chi connectivity index (χ3v) is 4.27. The van der Waals surface area contributed by atoms with Crippen molar-refractivity contribution in [3.63, 3.8) is 0 Å². The first kappa shape index (κ1) is 14.7. The molecule has 114 valence electrons. The van der Waals surface area contributed by atoms with E-state index in [1.165, 1.54) is 12.0 Å². The van der Waals surface area contributed by atoms with Crippen molar-refractivity contribution in [2.75, 3.05) is 13.1 Å². The van der Waals surface area contributed by atoms with Crippen LogP contribution in [0, 0.1) is 5.92 Å². The van der Waals surface area contributed by atoms with Gasteiger partial charge in [0.05, 0.1) is 6.20 Å². The summed E-state index contributed by atoms with van der Waals surface area (Å²) in [4.78, 5) is 22.5. The van der Waals surface area contributed by atoms with Gasteiger partial charge in [-0.25, -0.2) is 4.98 Å². The highest BCUT2D eigenvalue weighted by Crippen LogP contribution is 2.22. The number of benzene rings is 1. The first-order valence-electron chi connectivity index (χ1n) is 7.92. The maximum atomic E-state index is 12.4. The van der Waals surface area contributed by atoms with Crippen molar-refractivity contribution in [2.45, 2.75) is 25.7 Å². The summed E-state index contributed by atoms with van der Waals surface area (Å²) in [5.74, 6) is 0.590. The van der Waals surface area contributed by atoms with E-state index in [0.717, 1.165) is 32.4 Å². The molecule has 2 aromatic rings. The lowest BCUT2D eigenvalue weighted by Gasteiger charge is -2.32. The monoisotopic (exact) mass is 295 g/mol. The predicted octanol–water partition coefficient (Wildman–Crippen LogP) is 2.96. The van der Waals surface area contributed by atoms with E-state index in [4.69, 9.17) is 0 Å². The van der Waals surface area contributed by atoms with Gasteiger partial charge >= 0.3 is 0 Å². The zero-order chi connectivity index (χ0) is 15.2. The molecule has 0 bridgehead atoms. The smallest absolute Gasteiger partial charge is 0.274 e. The van der Waals surface area contributed by atoms with Crippen molar-refractivity contribution in [1.82, 2.24) is 14.9 Å². The Morgan fingerprint density at radius 3 is 2.86 bits per heavy atom. The summed E-state index contributed by atoms with van der Waals surface area (Å²) in [6, 6.07) is 10.6. The summed E-state index contributed by atoms with van der Waals surface area (Å²) in [6.45, 7) is 1.67. The van der Waals surface area contributed by atoms with Crippen LogP contribution in [0.25, 0.3) is 0 Å². The molecule has 0 aliphatic carbocycles. The number of likely N-dealkylation sites (tertiary alicyclic amines) is 1. The summed E-state index contributed by atoms with van der Waals surface area (Å²) >= 11 is 0. The van der Waals surface area contributed by atoms with Gasteiger partial charge in [-0.1, -0.05) is 30.3 Å². The van der Waals surface area contributed by atoms with E-state index in [1.54, 1.807) is 18.6 Å². The summed E-state index contributed by atoms with van der Waals surface area (Å²) < 4.78 is 0. The molecule has 0 saturated carbocycles. The molecular weight excluding hydrogens is 274 g/mol. The highest BCUT2D eigenvalue weighted by Gasteiger charge is 2.25. The molecule has 0 spiro atoms. The average Bonchev–Trinajstić information content (AvgIpc) is 2.61. The fourth-order valence-corrected chi connectivity index (χ4v) is 3.07. The molecule has 0 radical (unpaired) electrons. The molecular formula is C18H21N3O. The molecule has 1 aliphatic heterocycles. The van der Waals surface area contributed by atoms with Crippen LogP contribution in [-0.4, -0.2) is 33.9 Å². The zero-order valence-electron chi connectivity index (χ0n) is 12.7. The predicted molar refractivity (Wildman–Crippen MR) is 85.4 cm³/mol. The van der Waals surface area contributed by atoms with Gasteiger partial charge in [-0.3, -0.25) is 9.78 Å². The van der Waals surface area contributed by atoms with Crippen LogP contribution in [0.15, 0.2) is 48.9 Å². The number of aryl methyl sites for hydroxylation is 1. The van der Waals surface area contributed by atoms with E-state index in [0.29, 0.717) is 11.6 Å². The third kappa shape index (κ3) is 3.70. The Morgan fingerprint density at radius 2 is 2.09 bits per heavy atom. The van der Waals surface area contributed by atoms with Crippen LogP contribution in [0.4, 0.5) is 0 Å². The van der Waals surface area contributed by atoms with Crippen LogP contribution in [0.2, 0.25) is 0 Å². The van der Waals surface area contributed by atoms with Gasteiger partial charge in [-0.05, 0) is 37.2 Å². The summed E-state index contributed by atoms with van der Waals surface area (Å²) in [5.41, 5.74) is 1.83. The van der Waals surface area contributed by atoms with Crippen LogP contribution in [0.3, 0.4) is 0 Å². The second-order valence-corrected chi connectivity index (χ2v) is 5.87. The molecule has 1 amide bonds. The fraction of sp³-hybridized carbons (Fsp3) is 0.389. The maximum absolute atomic E-state index is 12.4. The standard InChI is InChI=1S/C18H21N3O/c22-18(17-13-19-10-11-20-17)21-12-4-7-16(14-21)9-8-15-5-2-1-3-6-15/h1-3,5-6,10-11,13,16H,4,7-9,12,14H2/t16-/m1/s1. The number of carbonyl (C=O) groups is 1. The van der Waals surface area contributed by atoms with Gasteiger partial charge in [-0.2, -0.15) is 0 Å². The normalized spacial score (nSPS) is 18.2. The van der Waals surface area contributed by atoms with Crippen molar-refractivity contribution in [2.24, 2.45) is 5.92 Å². The quantitative estimate of drug-likeness (QED) is 0.871. The van der Waals surface area contributed by atoms with E-state index in [9.17, 15) is 4.79 Å². The molecule has 1 atom stereocenters. The Labute approximate surface area is 131 Å². The molecule has 0 unspecified atom stereocenters. The van der Waals surface area contributed by atoms with Gasteiger partial charge in [0.25, 0.3) is 5.91 Å². The van der Waals surface area contributed by atoms with Crippen LogP contribution >= 0.6 is 0 Å². The number of hydrogen-bond donors (Lipinski definition) is 0. The lowest BCUT2D eigenvalue weighted by Crippen LogP contribution is -2.40. The second-order valence-electron chi connectivity index (χ2n) is 5.87. The number of amides is 1. The second kappa shape index (κ2) is 7.16. The highest BCUT2D eigenvalue weighted by atomic mass is 16.2. The minimum absolute atomic E-state index is 0.0116. The summed E-state index contributed by atoms with van der Waals surface area (Å²) in [5, 5.41) is 0. The van der Waals surface area contributed by atoms with Crippen molar-refractivity contribution >= 4 is 5.91 Å². The van der Waals surface area contributed by atoms with Crippen LogP contribution in [-0.2, 0) is 6.42 Å². The first-order valence-corrected chi connectivity index (χ1v) is 7.92. The van der Waals surface area contributed by atoms with Gasteiger partial charge in [0.1, 0.15) is 5.69 Å². The van der Waals surface area contributed by atoms with Gasteiger partial charge < -0.3 is 4.90 Å². The maximum Gasteiger partial charge on any atom is 0.274 e. The number of hydrogen-bond acceptors (Lipinski definition) is 3. The number of piperidine rings is 1. The number of rotatable bonds is 4. The van der Waals surface area contributed by atoms with E-state index in [-0.39, 0.29) is 5.91 Å². The molecule has 1 aromatic heterocycles. The summed E-state index contributed by atoms with van der Waals surface area (Å²) in [7, 11) is 0. The van der Waals surface area contributed by atoms with Crippen LogP contribution in [0.1, 0.15) is 35.3 Å². The van der Waals surface area contributed by atoms with Crippen molar-refractivity contribution in [3.05, 3.63) is 60.2 Å². The molecule has 1 saturated heterocycles. The molecule has 4 heteroatoms. The lowest BCUT2D eigenvalue weighted by molar-refractivity contribution is 0.0662. The van der Waals surface area contributed by atoms with Gasteiger partial charge in [0.15, 0.2) is 0 Å². The largest absolute Gasteiger partial charge is 0.337 e. The van der Waals surface area contributed by atoms with E-state index in [1.807, 2.05) is 11.0 Å². The topological polar surface area (TPSA) is 46.1 Å². The molecule has 0 N–H and O–H groups in total. The molecule has 3 rings (SSSR count). The van der Waals surface area contributed by atoms with Crippen molar-refractivity contribution < 1.29 is 4.79 Å². The Hall–Kier alpha value is -2.23. The van der Waals surface area contributed by atoms with Crippen molar-refractivity contribution in [3.8, 4) is 0 Å². The highest BCUT2D eigenvalue weighted by molar-refractivity contribution is 5.92. The third-order valence-electron chi connectivity index (χ3n) is 4.27. The fourth-order valence-electron chi connectivity index (χ4n) is 3.07. The Kier molecular flexibility index (Phi) is 4.78. The van der Waals surface area contributed by atoms with Crippen LogP contribution in [0.5, 0.6) is 0 Å². The minimum Gasteiger partial charge on any atom is -0.337 e. The molecule has 1 aliphatic rings. The molecule has 1 fully saturated rings. The molecule has 4 nitrogen and oxygen atoms in total. The van der Waals surface area contributed by atoms with E-state index >= 15 is 0 Å². The first-order chi connectivity index (χ1) is 10.8. The van der Waals surface area contributed by atoms with Crippen LogP contribution < -0.4 is 0 Å². The van der Waals surface area contributed by atoms with Gasteiger partial charge in [0.2, 0.25) is 0 Å². The zero-order valence-corrected chi connectivity index (χ0v) is 12.7. The molecule has 22 heavy (non-hydrogen) atoms. The summed E-state index contributed by atoms with van der Waals surface area (Å²) in [6.07, 6.45) is 9.21. The Balaban J connectivity index is 1.56. The van der Waals surface area contributed by atoms with Crippen molar-refractivity contribution in [1.29, 1.82) is 0 Å². The number of aromatic nitrogens is 2. The molecule has 2 heterocycles. The average molecular weight is 295 g/mol. The number of carbonyl (C=O) groups excluding carboxylic acids is 1. The van der Waals surface area contributed by atoms with Gasteiger partial charge in [-0.15, -0.1) is 0 Å². The minimum atomic E-state index is 0.0116. The van der Waals surface area contributed by atoms with Gasteiger partial charge in [0, 0.05) is 25.5 Å². The van der Waals surface area contributed by atoms with E-state index in [2.05, 4.69) is 34.2 Å². The Bertz CT molecular complexity index is 600. The Morgan fingerprint density at radius 1 is 1.23 bits per heavy atom. The van der Waals surface area contributed by atoms with E-state index < -0.39 is 0 Å². The SMILES string of the molecule is O=C(c1cnccn1)N1CCC[C@H](CCc2ccccc2)C1. The molecule has 1 aromatic carbocycles. The number of nitrogens with zero attached hydrogens (tertiary/aromatic N) is 3. The lowest BCUT2D eigenvalue weighted by atomic mass is 9.91.